The predicted octanol–water partition coefficient (Wildman–Crippen LogP) is 2.88. The highest BCUT2D eigenvalue weighted by Crippen LogP contribution is 2.31. The number of benzene rings is 1. The van der Waals surface area contributed by atoms with Crippen LogP contribution in [0, 0.1) is 0 Å². The zero-order valence-corrected chi connectivity index (χ0v) is 12.9. The summed E-state index contributed by atoms with van der Waals surface area (Å²) in [5, 5.41) is 4.56. The number of hydrogen-bond donors (Lipinski definition) is 1. The van der Waals surface area contributed by atoms with Crippen LogP contribution in [0.15, 0.2) is 18.2 Å². The summed E-state index contributed by atoms with van der Waals surface area (Å²) in [6.45, 7) is 8.36. The van der Waals surface area contributed by atoms with Gasteiger partial charge in [-0.15, -0.1) is 0 Å². The Balaban J connectivity index is 1.85. The van der Waals surface area contributed by atoms with Gasteiger partial charge >= 0.3 is 0 Å². The number of anilines is 1. The van der Waals surface area contributed by atoms with Gasteiger partial charge in [-0.3, -0.25) is 0 Å². The molecule has 1 N–H and O–H groups in total. The van der Waals surface area contributed by atoms with Gasteiger partial charge in [-0.1, -0.05) is 11.3 Å². The van der Waals surface area contributed by atoms with E-state index in [-0.39, 0.29) is 6.10 Å². The zero-order chi connectivity index (χ0) is 13.9. The average Bonchev–Trinajstić information content (AvgIpc) is 2.65. The average molecular weight is 291 g/mol. The van der Waals surface area contributed by atoms with Crippen molar-refractivity contribution in [2.45, 2.75) is 26.4 Å². The van der Waals surface area contributed by atoms with E-state index in [0.29, 0.717) is 0 Å². The van der Waals surface area contributed by atoms with E-state index < -0.39 is 0 Å². The molecule has 1 fully saturated rings. The number of nitrogens with one attached hydrogen (secondary N) is 1. The largest absolute Gasteiger partial charge is 0.491 e. The number of thiazole rings is 1. The maximum Gasteiger partial charge on any atom is 0.186 e. The van der Waals surface area contributed by atoms with Crippen LogP contribution in [0.5, 0.6) is 5.75 Å². The van der Waals surface area contributed by atoms with Crippen LogP contribution >= 0.6 is 11.3 Å². The van der Waals surface area contributed by atoms with E-state index in [0.717, 1.165) is 42.6 Å². The lowest BCUT2D eigenvalue weighted by atomic mass is 10.3. The third-order valence-corrected chi connectivity index (χ3v) is 4.41. The molecule has 1 aromatic carbocycles. The molecule has 0 bridgehead atoms. The molecule has 0 spiro atoms. The topological polar surface area (TPSA) is 37.4 Å². The van der Waals surface area contributed by atoms with Crippen LogP contribution in [0.25, 0.3) is 10.2 Å². The fourth-order valence-electron chi connectivity index (χ4n) is 2.41. The van der Waals surface area contributed by atoms with Crippen molar-refractivity contribution in [2.24, 2.45) is 0 Å². The van der Waals surface area contributed by atoms with Gasteiger partial charge in [-0.25, -0.2) is 4.98 Å². The first-order valence-corrected chi connectivity index (χ1v) is 8.07. The Bertz CT molecular complexity index is 574. The van der Waals surface area contributed by atoms with Crippen LogP contribution in [-0.2, 0) is 0 Å². The van der Waals surface area contributed by atoms with Gasteiger partial charge in [0.05, 0.1) is 16.3 Å². The number of hydrogen-bond acceptors (Lipinski definition) is 5. The molecular weight excluding hydrogens is 270 g/mol. The van der Waals surface area contributed by atoms with Crippen LogP contribution in [0.4, 0.5) is 5.13 Å². The maximum atomic E-state index is 5.75. The second-order valence-electron chi connectivity index (χ2n) is 5.38. The molecule has 4 nitrogen and oxygen atoms in total. The summed E-state index contributed by atoms with van der Waals surface area (Å²) in [7, 11) is 0. The monoisotopic (exact) mass is 291 g/mol. The Morgan fingerprint density at radius 1 is 1.30 bits per heavy atom. The summed E-state index contributed by atoms with van der Waals surface area (Å²) in [4.78, 5) is 7.14. The van der Waals surface area contributed by atoms with Crippen molar-refractivity contribution < 1.29 is 4.74 Å². The van der Waals surface area contributed by atoms with Gasteiger partial charge in [0.1, 0.15) is 5.75 Å². The first-order chi connectivity index (χ1) is 9.72. The SMILES string of the molecule is CC(C)Oc1ccc2nc(N3CCCNCC3)sc2c1. The first kappa shape index (κ1) is 13.6. The Morgan fingerprint density at radius 2 is 2.20 bits per heavy atom. The van der Waals surface area contributed by atoms with Crippen molar-refractivity contribution >= 4 is 26.7 Å². The number of ether oxygens (including phenoxy) is 1. The minimum absolute atomic E-state index is 0.205. The molecule has 0 aliphatic carbocycles. The van der Waals surface area contributed by atoms with Gasteiger partial charge in [-0.05, 0) is 45.0 Å². The number of nitrogens with zero attached hydrogens (tertiary/aromatic N) is 2. The van der Waals surface area contributed by atoms with Crippen molar-refractivity contribution in [3.8, 4) is 5.75 Å². The molecule has 1 aromatic heterocycles. The molecule has 2 aromatic rings. The van der Waals surface area contributed by atoms with Crippen LogP contribution in [0.2, 0.25) is 0 Å². The molecule has 0 saturated carbocycles. The summed E-state index contributed by atoms with van der Waals surface area (Å²) in [5.74, 6) is 0.931. The molecule has 3 rings (SSSR count). The fraction of sp³-hybridized carbons (Fsp3) is 0.533. The first-order valence-electron chi connectivity index (χ1n) is 7.25. The van der Waals surface area contributed by atoms with Gasteiger partial charge in [-0.2, -0.15) is 0 Å². The van der Waals surface area contributed by atoms with Crippen molar-refractivity contribution in [2.75, 3.05) is 31.1 Å². The molecule has 0 atom stereocenters. The van der Waals surface area contributed by atoms with Gasteiger partial charge in [0.25, 0.3) is 0 Å². The normalized spacial score (nSPS) is 16.6. The van der Waals surface area contributed by atoms with Crippen molar-refractivity contribution in [1.82, 2.24) is 10.3 Å². The van der Waals surface area contributed by atoms with E-state index in [1.54, 1.807) is 11.3 Å². The van der Waals surface area contributed by atoms with Crippen molar-refractivity contribution in [3.05, 3.63) is 18.2 Å². The number of fused-ring (bicyclic) bond motifs is 1. The van der Waals surface area contributed by atoms with Crippen molar-refractivity contribution in [3.63, 3.8) is 0 Å². The van der Waals surface area contributed by atoms with Crippen molar-refractivity contribution in [1.29, 1.82) is 0 Å². The summed E-state index contributed by atoms with van der Waals surface area (Å²) in [6, 6.07) is 6.17. The van der Waals surface area contributed by atoms with Gasteiger partial charge in [0.15, 0.2) is 5.13 Å². The molecule has 0 unspecified atom stereocenters. The Kier molecular flexibility index (Phi) is 4.08. The molecule has 20 heavy (non-hydrogen) atoms. The number of aromatic nitrogens is 1. The molecule has 0 radical (unpaired) electrons. The Morgan fingerprint density at radius 3 is 3.05 bits per heavy atom. The molecule has 2 heterocycles. The lowest BCUT2D eigenvalue weighted by Crippen LogP contribution is -2.27. The number of rotatable bonds is 3. The smallest absolute Gasteiger partial charge is 0.186 e. The van der Waals surface area contributed by atoms with E-state index in [9.17, 15) is 0 Å². The molecule has 1 aliphatic heterocycles. The standard InChI is InChI=1S/C15H21N3OS/c1-11(2)19-12-4-5-13-14(10-12)20-15(17-13)18-8-3-6-16-7-9-18/h4-5,10-11,16H,3,6-9H2,1-2H3. The highest BCUT2D eigenvalue weighted by atomic mass is 32.1. The summed E-state index contributed by atoms with van der Waals surface area (Å²) in [5.41, 5.74) is 1.07. The lowest BCUT2D eigenvalue weighted by molar-refractivity contribution is 0.243. The molecule has 0 amide bonds. The maximum absolute atomic E-state index is 5.75. The molecular formula is C15H21N3OS. The van der Waals surface area contributed by atoms with Gasteiger partial charge < -0.3 is 15.0 Å². The fourth-order valence-corrected chi connectivity index (χ4v) is 3.46. The molecule has 1 saturated heterocycles. The highest BCUT2D eigenvalue weighted by Gasteiger charge is 2.14. The minimum atomic E-state index is 0.205. The van der Waals surface area contributed by atoms with Crippen LogP contribution < -0.4 is 15.0 Å². The van der Waals surface area contributed by atoms with E-state index in [4.69, 9.17) is 9.72 Å². The van der Waals surface area contributed by atoms with E-state index in [2.05, 4.69) is 22.3 Å². The molecule has 5 heteroatoms. The van der Waals surface area contributed by atoms with Gasteiger partial charge in [0.2, 0.25) is 0 Å². The van der Waals surface area contributed by atoms with Crippen LogP contribution in [0.3, 0.4) is 0 Å². The highest BCUT2D eigenvalue weighted by molar-refractivity contribution is 7.22. The Labute approximate surface area is 123 Å². The third-order valence-electron chi connectivity index (χ3n) is 3.33. The summed E-state index contributed by atoms with van der Waals surface area (Å²) in [6.07, 6.45) is 1.38. The van der Waals surface area contributed by atoms with Crippen LogP contribution in [0.1, 0.15) is 20.3 Å². The summed E-state index contributed by atoms with van der Waals surface area (Å²) >= 11 is 1.76. The minimum Gasteiger partial charge on any atom is -0.491 e. The predicted molar refractivity (Wildman–Crippen MR) is 85.1 cm³/mol. The third kappa shape index (κ3) is 3.04. The molecule has 1 aliphatic rings. The second-order valence-corrected chi connectivity index (χ2v) is 6.39. The summed E-state index contributed by atoms with van der Waals surface area (Å²) < 4.78 is 6.96. The van der Waals surface area contributed by atoms with Gasteiger partial charge in [0, 0.05) is 19.6 Å². The van der Waals surface area contributed by atoms with E-state index in [1.807, 2.05) is 19.9 Å². The quantitative estimate of drug-likeness (QED) is 0.943. The zero-order valence-electron chi connectivity index (χ0n) is 12.1. The Hall–Kier alpha value is -1.33. The van der Waals surface area contributed by atoms with E-state index >= 15 is 0 Å². The molecule has 108 valence electrons. The van der Waals surface area contributed by atoms with E-state index in [1.165, 1.54) is 11.1 Å². The lowest BCUT2D eigenvalue weighted by Gasteiger charge is -2.17. The second kappa shape index (κ2) is 5.97. The van der Waals surface area contributed by atoms with Crippen LogP contribution in [-0.4, -0.2) is 37.3 Å².